The van der Waals surface area contributed by atoms with Crippen molar-refractivity contribution >= 4 is 17.5 Å². The van der Waals surface area contributed by atoms with Crippen molar-refractivity contribution in [2.45, 2.75) is 26.3 Å². The molecular formula is C14H21N3O3. The molecule has 0 fully saturated rings. The summed E-state index contributed by atoms with van der Waals surface area (Å²) in [5, 5.41) is 5.36. The molecule has 0 atom stereocenters. The topological polar surface area (TPSA) is 93.5 Å². The predicted octanol–water partition coefficient (Wildman–Crippen LogP) is 0.679. The average molecular weight is 279 g/mol. The Morgan fingerprint density at radius 1 is 1.30 bits per heavy atom. The van der Waals surface area contributed by atoms with Crippen molar-refractivity contribution in [3.05, 3.63) is 24.3 Å². The van der Waals surface area contributed by atoms with Gasteiger partial charge >= 0.3 is 0 Å². The van der Waals surface area contributed by atoms with E-state index in [1.54, 1.807) is 24.3 Å². The van der Waals surface area contributed by atoms with Crippen molar-refractivity contribution in [1.29, 1.82) is 0 Å². The van der Waals surface area contributed by atoms with Crippen molar-refractivity contribution in [2.75, 3.05) is 18.9 Å². The molecule has 6 heteroatoms. The van der Waals surface area contributed by atoms with Gasteiger partial charge in [-0.2, -0.15) is 0 Å². The molecule has 110 valence electrons. The molecule has 0 heterocycles. The number of nitrogens with two attached hydrogens (primary N) is 1. The first-order valence-electron chi connectivity index (χ1n) is 6.52. The third-order valence-corrected chi connectivity index (χ3v) is 2.35. The normalized spacial score (nSPS) is 10.2. The number of benzene rings is 1. The summed E-state index contributed by atoms with van der Waals surface area (Å²) < 4.78 is 5.28. The van der Waals surface area contributed by atoms with E-state index in [1.165, 1.54) is 0 Å². The van der Waals surface area contributed by atoms with Gasteiger partial charge in [-0.25, -0.2) is 0 Å². The van der Waals surface area contributed by atoms with Crippen LogP contribution in [-0.2, 0) is 9.59 Å². The van der Waals surface area contributed by atoms with Gasteiger partial charge in [-0.05, 0) is 26.0 Å². The van der Waals surface area contributed by atoms with Crippen LogP contribution in [0.3, 0.4) is 0 Å². The Labute approximate surface area is 118 Å². The Hall–Kier alpha value is -2.24. The van der Waals surface area contributed by atoms with Crippen molar-refractivity contribution in [1.82, 2.24) is 10.6 Å². The molecule has 2 amide bonds. The molecule has 1 aromatic carbocycles. The largest absolute Gasteiger partial charge is 0.484 e. The molecule has 0 saturated carbocycles. The molecule has 6 nitrogen and oxygen atoms in total. The standard InChI is InChI=1S/C14H21N3O3/c1-10(2)17-13(18)6-7-16-14(19)9-20-12-5-3-4-11(15)8-12/h3-5,8,10H,6-7,9,15H2,1-2H3,(H,16,19)(H,17,18). The van der Waals surface area contributed by atoms with E-state index in [0.717, 1.165) is 0 Å². The minimum atomic E-state index is -0.273. The maximum atomic E-state index is 11.5. The van der Waals surface area contributed by atoms with E-state index in [2.05, 4.69) is 10.6 Å². The highest BCUT2D eigenvalue weighted by molar-refractivity contribution is 5.79. The first-order chi connectivity index (χ1) is 9.47. The first-order valence-corrected chi connectivity index (χ1v) is 6.52. The number of amides is 2. The highest BCUT2D eigenvalue weighted by Gasteiger charge is 2.06. The van der Waals surface area contributed by atoms with Crippen LogP contribution in [0.15, 0.2) is 24.3 Å². The lowest BCUT2D eigenvalue weighted by molar-refractivity contribution is -0.123. The van der Waals surface area contributed by atoms with E-state index in [1.807, 2.05) is 13.8 Å². The number of rotatable bonds is 7. The van der Waals surface area contributed by atoms with Crippen LogP contribution in [0.25, 0.3) is 0 Å². The Morgan fingerprint density at radius 2 is 2.05 bits per heavy atom. The van der Waals surface area contributed by atoms with Gasteiger partial charge in [0.05, 0.1) is 0 Å². The van der Waals surface area contributed by atoms with Gasteiger partial charge in [-0.3, -0.25) is 9.59 Å². The number of ether oxygens (including phenoxy) is 1. The fourth-order valence-electron chi connectivity index (χ4n) is 1.51. The molecule has 0 aliphatic rings. The van der Waals surface area contributed by atoms with Gasteiger partial charge in [0.15, 0.2) is 6.61 Å². The van der Waals surface area contributed by atoms with Crippen LogP contribution in [0.2, 0.25) is 0 Å². The van der Waals surface area contributed by atoms with E-state index in [9.17, 15) is 9.59 Å². The molecule has 0 spiro atoms. The third-order valence-electron chi connectivity index (χ3n) is 2.35. The van der Waals surface area contributed by atoms with Gasteiger partial charge < -0.3 is 21.1 Å². The van der Waals surface area contributed by atoms with Gasteiger partial charge in [-0.15, -0.1) is 0 Å². The summed E-state index contributed by atoms with van der Waals surface area (Å²) in [5.41, 5.74) is 6.17. The molecule has 0 radical (unpaired) electrons. The summed E-state index contributed by atoms with van der Waals surface area (Å²) in [6.07, 6.45) is 0.252. The maximum Gasteiger partial charge on any atom is 0.257 e. The zero-order valence-corrected chi connectivity index (χ0v) is 11.8. The lowest BCUT2D eigenvalue weighted by Crippen LogP contribution is -2.35. The van der Waals surface area contributed by atoms with Crippen molar-refractivity contribution < 1.29 is 14.3 Å². The lowest BCUT2D eigenvalue weighted by Gasteiger charge is -2.09. The molecule has 1 aromatic rings. The van der Waals surface area contributed by atoms with Crippen LogP contribution in [0.1, 0.15) is 20.3 Å². The highest BCUT2D eigenvalue weighted by Crippen LogP contribution is 2.13. The third kappa shape index (κ3) is 6.63. The van der Waals surface area contributed by atoms with Crippen molar-refractivity contribution in [2.24, 2.45) is 0 Å². The monoisotopic (exact) mass is 279 g/mol. The highest BCUT2D eigenvalue weighted by atomic mass is 16.5. The fourth-order valence-corrected chi connectivity index (χ4v) is 1.51. The molecular weight excluding hydrogens is 258 g/mol. The quantitative estimate of drug-likeness (QED) is 0.640. The summed E-state index contributed by atoms with van der Waals surface area (Å²) in [6, 6.07) is 6.95. The van der Waals surface area contributed by atoms with Gasteiger partial charge in [0.1, 0.15) is 5.75 Å². The zero-order chi connectivity index (χ0) is 15.0. The summed E-state index contributed by atoms with van der Waals surface area (Å²) >= 11 is 0. The van der Waals surface area contributed by atoms with Crippen molar-refractivity contribution in [3.8, 4) is 5.75 Å². The molecule has 0 unspecified atom stereocenters. The Kier molecular flexibility index (Phi) is 6.36. The van der Waals surface area contributed by atoms with Crippen LogP contribution < -0.4 is 21.1 Å². The summed E-state index contributed by atoms with van der Waals surface area (Å²) in [7, 11) is 0. The predicted molar refractivity (Wildman–Crippen MR) is 77.3 cm³/mol. The van der Waals surface area contributed by atoms with Crippen LogP contribution in [0, 0.1) is 0 Å². The van der Waals surface area contributed by atoms with Crippen LogP contribution >= 0.6 is 0 Å². The number of nitrogens with one attached hydrogen (secondary N) is 2. The number of anilines is 1. The average Bonchev–Trinajstić information content (AvgIpc) is 2.35. The van der Waals surface area contributed by atoms with E-state index in [0.29, 0.717) is 11.4 Å². The molecule has 20 heavy (non-hydrogen) atoms. The second kappa shape index (κ2) is 8.04. The number of hydrogen-bond acceptors (Lipinski definition) is 4. The number of hydrogen-bond donors (Lipinski definition) is 3. The van der Waals surface area contributed by atoms with E-state index in [4.69, 9.17) is 10.5 Å². The van der Waals surface area contributed by atoms with Crippen LogP contribution in [0.5, 0.6) is 5.75 Å². The molecule has 0 bridgehead atoms. The van der Waals surface area contributed by atoms with Crippen LogP contribution in [0.4, 0.5) is 5.69 Å². The molecule has 0 aromatic heterocycles. The summed E-state index contributed by atoms with van der Waals surface area (Å²) in [5.74, 6) is 0.180. The van der Waals surface area contributed by atoms with Gasteiger partial charge in [0.25, 0.3) is 5.91 Å². The fraction of sp³-hybridized carbons (Fsp3) is 0.429. The second-order valence-corrected chi connectivity index (χ2v) is 4.68. The smallest absolute Gasteiger partial charge is 0.257 e. The summed E-state index contributed by atoms with van der Waals surface area (Å²) in [4.78, 5) is 22.9. The van der Waals surface area contributed by atoms with Gasteiger partial charge in [-0.1, -0.05) is 6.07 Å². The molecule has 4 N–H and O–H groups in total. The Bertz CT molecular complexity index is 461. The minimum absolute atomic E-state index is 0.0861. The second-order valence-electron chi connectivity index (χ2n) is 4.68. The van der Waals surface area contributed by atoms with Gasteiger partial charge in [0.2, 0.25) is 5.91 Å². The first kappa shape index (κ1) is 15.8. The molecule has 0 aliphatic heterocycles. The SMILES string of the molecule is CC(C)NC(=O)CCNC(=O)COc1cccc(N)c1. The van der Waals surface area contributed by atoms with E-state index in [-0.39, 0.29) is 37.4 Å². The van der Waals surface area contributed by atoms with E-state index >= 15 is 0 Å². The van der Waals surface area contributed by atoms with Gasteiger partial charge in [0, 0.05) is 30.8 Å². The minimum Gasteiger partial charge on any atom is -0.484 e. The lowest BCUT2D eigenvalue weighted by atomic mass is 10.3. The Morgan fingerprint density at radius 3 is 2.70 bits per heavy atom. The maximum absolute atomic E-state index is 11.5. The number of carbonyl (C=O) groups is 2. The molecule has 0 aliphatic carbocycles. The van der Waals surface area contributed by atoms with Crippen molar-refractivity contribution in [3.63, 3.8) is 0 Å². The zero-order valence-electron chi connectivity index (χ0n) is 11.8. The molecule has 1 rings (SSSR count). The van der Waals surface area contributed by atoms with E-state index < -0.39 is 0 Å². The Balaban J connectivity index is 2.19. The molecule has 0 saturated heterocycles. The number of carbonyl (C=O) groups excluding carboxylic acids is 2. The number of nitrogen functional groups attached to an aromatic ring is 1. The van der Waals surface area contributed by atoms with Crippen LogP contribution in [-0.4, -0.2) is 31.0 Å². The summed E-state index contributed by atoms with van der Waals surface area (Å²) in [6.45, 7) is 3.96.